The van der Waals surface area contributed by atoms with E-state index >= 15 is 0 Å². The topological polar surface area (TPSA) is 20.2 Å². The lowest BCUT2D eigenvalue weighted by Crippen LogP contribution is -2.07. The minimum Gasteiger partial charge on any atom is -0.430 e. The van der Waals surface area contributed by atoms with Crippen molar-refractivity contribution in [2.24, 2.45) is 0 Å². The molecule has 0 heterocycles. The molecule has 0 aromatic heterocycles. The number of hydrogen-bond donors (Lipinski definition) is 1. The molecule has 2 radical (unpaired) electrons. The summed E-state index contributed by atoms with van der Waals surface area (Å²) in [5.74, 6) is 0. The van der Waals surface area contributed by atoms with Crippen molar-refractivity contribution >= 4 is 21.4 Å². The Bertz CT molecular complexity index is 101. The highest BCUT2D eigenvalue weighted by Crippen LogP contribution is 2.11. The average Bonchev–Trinajstić information content (AvgIpc) is 2.16. The highest BCUT2D eigenvalue weighted by Gasteiger charge is 2.03. The summed E-state index contributed by atoms with van der Waals surface area (Å²) in [4.78, 5) is 8.70. The van der Waals surface area contributed by atoms with Gasteiger partial charge in [0.15, 0.2) is 0 Å². The molecular formula is C10H21ClOSi. The summed E-state index contributed by atoms with van der Waals surface area (Å²) in [5.41, 5.74) is 0. The van der Waals surface area contributed by atoms with E-state index in [2.05, 4.69) is 6.92 Å². The van der Waals surface area contributed by atoms with E-state index in [1.807, 2.05) is 0 Å². The molecule has 0 fully saturated rings. The van der Waals surface area contributed by atoms with E-state index in [9.17, 15) is 0 Å². The molecule has 1 N–H and O–H groups in total. The van der Waals surface area contributed by atoms with Crippen LogP contribution in [0.5, 0.6) is 0 Å². The summed E-state index contributed by atoms with van der Waals surface area (Å²) < 4.78 is 0. The van der Waals surface area contributed by atoms with Gasteiger partial charge in [-0.05, 0) is 6.42 Å². The second-order valence-corrected chi connectivity index (χ2v) is 5.35. The van der Waals surface area contributed by atoms with Crippen LogP contribution in [0.3, 0.4) is 0 Å². The van der Waals surface area contributed by atoms with Crippen molar-refractivity contribution in [2.75, 3.05) is 0 Å². The van der Waals surface area contributed by atoms with Crippen LogP contribution in [0.15, 0.2) is 0 Å². The smallest absolute Gasteiger partial charge is 0.244 e. The summed E-state index contributed by atoms with van der Waals surface area (Å²) in [6.45, 7) is 2.24. The summed E-state index contributed by atoms with van der Waals surface area (Å²) in [7, 11) is -0.0908. The van der Waals surface area contributed by atoms with Crippen LogP contribution in [0, 0.1) is 0 Å². The molecule has 0 aliphatic heterocycles. The number of halogens is 1. The fraction of sp³-hybridized carbons (Fsp3) is 1.00. The van der Waals surface area contributed by atoms with Crippen LogP contribution in [0.4, 0.5) is 0 Å². The average molecular weight is 221 g/mol. The molecular weight excluding hydrogens is 200 g/mol. The monoisotopic (exact) mass is 220 g/mol. The van der Waals surface area contributed by atoms with Crippen LogP contribution >= 0.6 is 11.6 Å². The Morgan fingerprint density at radius 1 is 1.08 bits per heavy atom. The van der Waals surface area contributed by atoms with Crippen LogP contribution in [0.1, 0.15) is 58.3 Å². The first kappa shape index (κ1) is 13.5. The predicted molar refractivity (Wildman–Crippen MR) is 60.2 cm³/mol. The molecule has 1 atom stereocenters. The second-order valence-electron chi connectivity index (χ2n) is 3.51. The first-order chi connectivity index (χ1) is 6.31. The molecule has 0 aromatic rings. The molecule has 78 valence electrons. The molecule has 3 heteroatoms. The van der Waals surface area contributed by atoms with Gasteiger partial charge >= 0.3 is 0 Å². The van der Waals surface area contributed by atoms with Crippen LogP contribution < -0.4 is 0 Å². The van der Waals surface area contributed by atoms with Crippen molar-refractivity contribution in [2.45, 2.75) is 63.3 Å². The Morgan fingerprint density at radius 3 is 2.15 bits per heavy atom. The lowest BCUT2D eigenvalue weighted by atomic mass is 10.1. The minimum atomic E-state index is -0.0908. The van der Waals surface area contributed by atoms with Crippen molar-refractivity contribution in [1.29, 1.82) is 0 Å². The maximum Gasteiger partial charge on any atom is 0.244 e. The first-order valence-corrected chi connectivity index (χ1v) is 6.81. The largest absolute Gasteiger partial charge is 0.430 e. The zero-order valence-electron chi connectivity index (χ0n) is 8.56. The maximum atomic E-state index is 8.70. The molecule has 0 rings (SSSR count). The Hall–Kier alpha value is 0.467. The van der Waals surface area contributed by atoms with E-state index in [1.165, 1.54) is 44.9 Å². The molecule has 0 aliphatic rings. The quantitative estimate of drug-likeness (QED) is 0.359. The number of rotatable bonds is 9. The van der Waals surface area contributed by atoms with E-state index in [0.29, 0.717) is 0 Å². The van der Waals surface area contributed by atoms with Gasteiger partial charge in [0.25, 0.3) is 0 Å². The van der Waals surface area contributed by atoms with Crippen molar-refractivity contribution in [3.05, 3.63) is 0 Å². The van der Waals surface area contributed by atoms with E-state index in [-0.39, 0.29) is 14.8 Å². The molecule has 13 heavy (non-hydrogen) atoms. The third-order valence-corrected chi connectivity index (χ3v) is 3.28. The summed E-state index contributed by atoms with van der Waals surface area (Å²) in [5, 5.41) is 0.00985. The summed E-state index contributed by atoms with van der Waals surface area (Å²) in [6.07, 6.45) is 10.2. The molecule has 0 bridgehead atoms. The lowest BCUT2D eigenvalue weighted by Gasteiger charge is -2.03. The Kier molecular flexibility index (Phi) is 10.9. The van der Waals surface area contributed by atoms with Gasteiger partial charge in [-0.25, -0.2) is 0 Å². The van der Waals surface area contributed by atoms with Gasteiger partial charge in [-0.1, -0.05) is 51.9 Å². The molecule has 0 aromatic carbocycles. The number of unbranched alkanes of at least 4 members (excludes halogenated alkanes) is 6. The zero-order valence-corrected chi connectivity index (χ0v) is 10.3. The van der Waals surface area contributed by atoms with Gasteiger partial charge in [-0.3, -0.25) is 0 Å². The van der Waals surface area contributed by atoms with E-state index in [4.69, 9.17) is 16.4 Å². The van der Waals surface area contributed by atoms with E-state index in [1.54, 1.807) is 0 Å². The van der Waals surface area contributed by atoms with Crippen LogP contribution in [0.2, 0.25) is 0 Å². The fourth-order valence-electron chi connectivity index (χ4n) is 1.35. The number of hydrogen-bond acceptors (Lipinski definition) is 1. The van der Waals surface area contributed by atoms with Crippen LogP contribution in [-0.2, 0) is 0 Å². The molecule has 0 spiro atoms. The third kappa shape index (κ3) is 10.4. The highest BCUT2D eigenvalue weighted by atomic mass is 35.5. The Balaban J connectivity index is 2.91. The molecule has 0 saturated carbocycles. The molecule has 0 saturated heterocycles. The Labute approximate surface area is 89.8 Å². The second kappa shape index (κ2) is 10.5. The molecule has 1 nitrogen and oxygen atoms in total. The van der Waals surface area contributed by atoms with Gasteiger partial charge in [-0.15, -0.1) is 11.6 Å². The fourth-order valence-corrected chi connectivity index (χ4v) is 1.83. The minimum absolute atomic E-state index is 0.00985. The van der Waals surface area contributed by atoms with Crippen molar-refractivity contribution in [1.82, 2.24) is 0 Å². The van der Waals surface area contributed by atoms with Crippen LogP contribution in [0.25, 0.3) is 0 Å². The van der Waals surface area contributed by atoms with Gasteiger partial charge in [0.2, 0.25) is 9.76 Å². The van der Waals surface area contributed by atoms with Crippen molar-refractivity contribution in [3.8, 4) is 0 Å². The van der Waals surface area contributed by atoms with Gasteiger partial charge in [0.05, 0.1) is 5.00 Å². The summed E-state index contributed by atoms with van der Waals surface area (Å²) >= 11 is 5.79. The lowest BCUT2D eigenvalue weighted by molar-refractivity contribution is 0.563. The Morgan fingerprint density at radius 2 is 1.62 bits per heavy atom. The predicted octanol–water partition coefficient (Wildman–Crippen LogP) is 3.30. The van der Waals surface area contributed by atoms with Crippen molar-refractivity contribution < 1.29 is 4.80 Å². The van der Waals surface area contributed by atoms with Gasteiger partial charge < -0.3 is 4.80 Å². The SMILES string of the molecule is CCCCCCCCCC(Cl)[Si]O. The zero-order chi connectivity index (χ0) is 9.94. The normalized spacial score (nSPS) is 13.2. The standard InChI is InChI=1S/C10H21ClOSi/c1-2-3-4-5-6-7-8-9-10(11)13-12/h10,12H,2-9H2,1H3. The molecule has 0 aliphatic carbocycles. The third-order valence-electron chi connectivity index (χ3n) is 2.20. The van der Waals surface area contributed by atoms with E-state index < -0.39 is 0 Å². The van der Waals surface area contributed by atoms with Gasteiger partial charge in [-0.2, -0.15) is 0 Å². The maximum absolute atomic E-state index is 8.70. The molecule has 1 unspecified atom stereocenters. The van der Waals surface area contributed by atoms with Crippen LogP contribution in [-0.4, -0.2) is 19.6 Å². The summed E-state index contributed by atoms with van der Waals surface area (Å²) in [6, 6.07) is 0. The number of alkyl halides is 1. The van der Waals surface area contributed by atoms with Gasteiger partial charge in [0, 0.05) is 0 Å². The van der Waals surface area contributed by atoms with E-state index in [0.717, 1.165) is 6.42 Å². The highest BCUT2D eigenvalue weighted by molar-refractivity contribution is 6.47. The van der Waals surface area contributed by atoms with Crippen molar-refractivity contribution in [3.63, 3.8) is 0 Å². The van der Waals surface area contributed by atoms with Gasteiger partial charge in [0.1, 0.15) is 0 Å². The first-order valence-electron chi connectivity index (χ1n) is 5.35. The molecule has 0 amide bonds.